The summed E-state index contributed by atoms with van der Waals surface area (Å²) in [7, 11) is 5.03. The van der Waals surface area contributed by atoms with Crippen LogP contribution >= 0.6 is 0 Å². The Morgan fingerprint density at radius 1 is 0.967 bits per heavy atom. The molecule has 0 atom stereocenters. The van der Waals surface area contributed by atoms with Crippen LogP contribution in [0.25, 0.3) is 22.3 Å². The number of halogens is 1. The average Bonchev–Trinajstić information content (AvgIpc) is 3.22. The molecule has 4 aromatic rings. The predicted octanol–water partition coefficient (Wildman–Crippen LogP) is 4.16. The van der Waals surface area contributed by atoms with Crippen LogP contribution in [-0.2, 0) is 7.05 Å². The molecule has 0 aliphatic rings. The molecule has 2 aromatic heterocycles. The standard InChI is InChI=1S/C22H22FN5O2/c1-27-14-15(12-25-27)22-13-24-20-5-4-16(10-21(20)26-22)28(7-6-23)17-8-18(29-2)11-19(9-17)30-3/h4-5,8-14H,6-7H2,1-3H3. The molecule has 30 heavy (non-hydrogen) atoms. The van der Waals surface area contributed by atoms with Gasteiger partial charge in [0.2, 0.25) is 0 Å². The van der Waals surface area contributed by atoms with Gasteiger partial charge in [0.15, 0.2) is 0 Å². The number of rotatable bonds is 7. The molecule has 154 valence electrons. The first-order valence-corrected chi connectivity index (χ1v) is 9.43. The van der Waals surface area contributed by atoms with Crippen molar-refractivity contribution in [1.29, 1.82) is 0 Å². The molecular formula is C22H22FN5O2. The molecule has 0 unspecified atom stereocenters. The molecule has 0 aliphatic heterocycles. The van der Waals surface area contributed by atoms with Gasteiger partial charge in [-0.3, -0.25) is 9.67 Å². The van der Waals surface area contributed by atoms with E-state index in [0.29, 0.717) is 17.0 Å². The van der Waals surface area contributed by atoms with E-state index < -0.39 is 6.67 Å². The lowest BCUT2D eigenvalue weighted by atomic mass is 10.2. The van der Waals surface area contributed by atoms with E-state index in [9.17, 15) is 4.39 Å². The minimum Gasteiger partial charge on any atom is -0.497 e. The number of hydrogen-bond donors (Lipinski definition) is 0. The predicted molar refractivity (Wildman–Crippen MR) is 114 cm³/mol. The van der Waals surface area contributed by atoms with Gasteiger partial charge in [0.25, 0.3) is 0 Å². The van der Waals surface area contributed by atoms with Gasteiger partial charge in [0.1, 0.15) is 18.2 Å². The van der Waals surface area contributed by atoms with E-state index in [1.54, 1.807) is 37.4 Å². The molecule has 4 rings (SSSR count). The summed E-state index contributed by atoms with van der Waals surface area (Å²) in [5, 5.41) is 4.19. The monoisotopic (exact) mass is 407 g/mol. The highest BCUT2D eigenvalue weighted by Crippen LogP contribution is 2.34. The zero-order valence-corrected chi connectivity index (χ0v) is 17.0. The Balaban J connectivity index is 1.78. The van der Waals surface area contributed by atoms with Crippen LogP contribution in [0.4, 0.5) is 15.8 Å². The Morgan fingerprint density at radius 3 is 2.37 bits per heavy atom. The molecule has 7 nitrogen and oxygen atoms in total. The molecular weight excluding hydrogens is 385 g/mol. The second kappa shape index (κ2) is 8.36. The molecule has 0 radical (unpaired) electrons. The van der Waals surface area contributed by atoms with Crippen LogP contribution in [0.5, 0.6) is 11.5 Å². The highest BCUT2D eigenvalue weighted by molar-refractivity contribution is 5.82. The molecule has 0 saturated carbocycles. The topological polar surface area (TPSA) is 65.3 Å². The number of anilines is 2. The molecule has 0 fully saturated rings. The number of nitrogens with zero attached hydrogens (tertiary/aromatic N) is 5. The van der Waals surface area contributed by atoms with E-state index in [1.165, 1.54) is 0 Å². The fourth-order valence-corrected chi connectivity index (χ4v) is 3.30. The zero-order chi connectivity index (χ0) is 21.1. The minimum atomic E-state index is -0.515. The SMILES string of the molecule is COc1cc(OC)cc(N(CCF)c2ccc3ncc(-c4cnn(C)c4)nc3c2)c1. The third-order valence-electron chi connectivity index (χ3n) is 4.79. The normalized spacial score (nSPS) is 10.9. The highest BCUT2D eigenvalue weighted by atomic mass is 19.1. The molecule has 0 saturated heterocycles. The van der Waals surface area contributed by atoms with Crippen molar-refractivity contribution in [2.75, 3.05) is 32.3 Å². The van der Waals surface area contributed by atoms with Gasteiger partial charge in [-0.25, -0.2) is 9.37 Å². The third kappa shape index (κ3) is 3.89. The summed E-state index contributed by atoms with van der Waals surface area (Å²) < 4.78 is 25.9. The third-order valence-corrected chi connectivity index (χ3v) is 4.79. The summed E-state index contributed by atoms with van der Waals surface area (Å²) in [5.41, 5.74) is 4.65. The van der Waals surface area contributed by atoms with E-state index in [2.05, 4.69) is 10.1 Å². The largest absolute Gasteiger partial charge is 0.497 e. The van der Waals surface area contributed by atoms with E-state index in [-0.39, 0.29) is 6.54 Å². The second-order valence-corrected chi connectivity index (χ2v) is 6.74. The molecule has 0 bridgehead atoms. The fourth-order valence-electron chi connectivity index (χ4n) is 3.30. The van der Waals surface area contributed by atoms with Crippen molar-refractivity contribution >= 4 is 22.4 Å². The summed E-state index contributed by atoms with van der Waals surface area (Å²) in [6.07, 6.45) is 5.36. The van der Waals surface area contributed by atoms with Crippen LogP contribution in [-0.4, -0.2) is 47.2 Å². The summed E-state index contributed by atoms with van der Waals surface area (Å²) in [4.78, 5) is 11.1. The lowest BCUT2D eigenvalue weighted by Crippen LogP contribution is -2.20. The molecule has 2 aromatic carbocycles. The first-order chi connectivity index (χ1) is 14.6. The van der Waals surface area contributed by atoms with Crippen molar-refractivity contribution in [2.45, 2.75) is 0 Å². The lowest BCUT2D eigenvalue weighted by molar-refractivity contribution is 0.394. The number of fused-ring (bicyclic) bond motifs is 1. The number of aromatic nitrogens is 4. The summed E-state index contributed by atoms with van der Waals surface area (Å²) >= 11 is 0. The Bertz CT molecular complexity index is 1160. The Morgan fingerprint density at radius 2 is 1.73 bits per heavy atom. The highest BCUT2D eigenvalue weighted by Gasteiger charge is 2.14. The first kappa shape index (κ1) is 19.6. The Kier molecular flexibility index (Phi) is 5.47. The van der Waals surface area contributed by atoms with Crippen molar-refractivity contribution < 1.29 is 13.9 Å². The van der Waals surface area contributed by atoms with E-state index in [0.717, 1.165) is 28.1 Å². The number of hydrogen-bond acceptors (Lipinski definition) is 6. The van der Waals surface area contributed by atoms with Gasteiger partial charge in [-0.05, 0) is 18.2 Å². The van der Waals surface area contributed by atoms with Gasteiger partial charge >= 0.3 is 0 Å². The molecule has 0 aliphatic carbocycles. The fraction of sp³-hybridized carbons (Fsp3) is 0.227. The Hall–Kier alpha value is -3.68. The molecule has 0 spiro atoms. The molecule has 2 heterocycles. The number of benzene rings is 2. The maximum absolute atomic E-state index is 13.4. The van der Waals surface area contributed by atoms with Crippen LogP contribution < -0.4 is 14.4 Å². The van der Waals surface area contributed by atoms with Gasteiger partial charge in [-0.1, -0.05) is 0 Å². The van der Waals surface area contributed by atoms with Crippen molar-refractivity contribution in [3.05, 3.63) is 55.0 Å². The lowest BCUT2D eigenvalue weighted by Gasteiger charge is -2.25. The Labute approximate surface area is 173 Å². The second-order valence-electron chi connectivity index (χ2n) is 6.74. The quantitative estimate of drug-likeness (QED) is 0.458. The van der Waals surface area contributed by atoms with Gasteiger partial charge in [0.05, 0.1) is 49.9 Å². The van der Waals surface area contributed by atoms with E-state index in [1.807, 2.05) is 48.5 Å². The smallest absolute Gasteiger partial charge is 0.124 e. The number of ether oxygens (including phenoxy) is 2. The molecule has 0 amide bonds. The number of methoxy groups -OCH3 is 2. The van der Waals surface area contributed by atoms with Gasteiger partial charge in [-0.15, -0.1) is 0 Å². The maximum Gasteiger partial charge on any atom is 0.124 e. The minimum absolute atomic E-state index is 0.178. The van der Waals surface area contributed by atoms with Crippen LogP contribution in [0.1, 0.15) is 0 Å². The van der Waals surface area contributed by atoms with Crippen LogP contribution in [0, 0.1) is 0 Å². The van der Waals surface area contributed by atoms with Crippen LogP contribution in [0.2, 0.25) is 0 Å². The number of alkyl halides is 1. The van der Waals surface area contributed by atoms with Crippen molar-refractivity contribution in [3.8, 4) is 22.8 Å². The summed E-state index contributed by atoms with van der Waals surface area (Å²) in [5.74, 6) is 1.26. The van der Waals surface area contributed by atoms with Gasteiger partial charge in [-0.2, -0.15) is 5.10 Å². The first-order valence-electron chi connectivity index (χ1n) is 9.43. The van der Waals surface area contributed by atoms with Crippen molar-refractivity contribution in [3.63, 3.8) is 0 Å². The van der Waals surface area contributed by atoms with Crippen molar-refractivity contribution in [1.82, 2.24) is 19.7 Å². The van der Waals surface area contributed by atoms with Crippen LogP contribution in [0.15, 0.2) is 55.0 Å². The van der Waals surface area contributed by atoms with Crippen LogP contribution in [0.3, 0.4) is 0 Å². The van der Waals surface area contributed by atoms with Gasteiger partial charge in [0, 0.05) is 48.4 Å². The molecule has 0 N–H and O–H groups in total. The van der Waals surface area contributed by atoms with E-state index in [4.69, 9.17) is 14.5 Å². The van der Waals surface area contributed by atoms with Crippen molar-refractivity contribution in [2.24, 2.45) is 7.05 Å². The van der Waals surface area contributed by atoms with E-state index >= 15 is 0 Å². The summed E-state index contributed by atoms with van der Waals surface area (Å²) in [6, 6.07) is 11.2. The van der Waals surface area contributed by atoms with Gasteiger partial charge < -0.3 is 14.4 Å². The molecule has 8 heteroatoms. The number of aryl methyl sites for hydroxylation is 1. The summed E-state index contributed by atoms with van der Waals surface area (Å²) in [6.45, 7) is -0.337. The zero-order valence-electron chi connectivity index (χ0n) is 17.0. The average molecular weight is 407 g/mol. The maximum atomic E-state index is 13.4.